The minimum atomic E-state index is -0.771. The summed E-state index contributed by atoms with van der Waals surface area (Å²) in [6.07, 6.45) is 3.18. The van der Waals surface area contributed by atoms with Crippen LogP contribution in [0.15, 0.2) is 30.3 Å². The molecular weight excluding hydrogens is 306 g/mol. The molecule has 128 valence electrons. The Labute approximate surface area is 141 Å². The van der Waals surface area contributed by atoms with Crippen LogP contribution in [0.3, 0.4) is 0 Å². The Bertz CT molecular complexity index is 651. The van der Waals surface area contributed by atoms with Crippen LogP contribution < -0.4 is 10.2 Å². The summed E-state index contributed by atoms with van der Waals surface area (Å²) in [6.45, 7) is 3.60. The summed E-state index contributed by atoms with van der Waals surface area (Å²) in [4.78, 5) is 40.4. The lowest BCUT2D eigenvalue weighted by Gasteiger charge is -2.28. The van der Waals surface area contributed by atoms with E-state index in [1.807, 2.05) is 44.2 Å². The molecule has 0 unspecified atom stereocenters. The second kappa shape index (κ2) is 6.26. The number of nitrogens with one attached hydrogen (secondary N) is 1. The van der Waals surface area contributed by atoms with E-state index in [0.29, 0.717) is 12.8 Å². The van der Waals surface area contributed by atoms with Gasteiger partial charge in [-0.15, -0.1) is 0 Å². The first kappa shape index (κ1) is 16.5. The van der Waals surface area contributed by atoms with E-state index in [-0.39, 0.29) is 24.4 Å². The molecule has 0 radical (unpaired) electrons. The van der Waals surface area contributed by atoms with Gasteiger partial charge in [-0.2, -0.15) is 0 Å². The minimum Gasteiger partial charge on any atom is -0.323 e. The van der Waals surface area contributed by atoms with Crippen molar-refractivity contribution in [3.63, 3.8) is 0 Å². The van der Waals surface area contributed by atoms with Crippen molar-refractivity contribution in [2.24, 2.45) is 0 Å². The van der Waals surface area contributed by atoms with Crippen molar-refractivity contribution < 1.29 is 14.4 Å². The summed E-state index contributed by atoms with van der Waals surface area (Å²) < 4.78 is 0. The number of imide groups is 1. The monoisotopic (exact) mass is 329 g/mol. The predicted molar refractivity (Wildman–Crippen MR) is 90.5 cm³/mol. The molecule has 1 spiro atoms. The number of urea groups is 1. The van der Waals surface area contributed by atoms with Gasteiger partial charge in [0.1, 0.15) is 12.1 Å². The van der Waals surface area contributed by atoms with Crippen LogP contribution in [0.2, 0.25) is 0 Å². The van der Waals surface area contributed by atoms with Gasteiger partial charge < -0.3 is 10.2 Å². The van der Waals surface area contributed by atoms with Crippen LogP contribution in [-0.2, 0) is 9.59 Å². The second-order valence-corrected chi connectivity index (χ2v) is 6.80. The molecule has 6 nitrogen and oxygen atoms in total. The molecule has 1 saturated carbocycles. The van der Waals surface area contributed by atoms with Gasteiger partial charge in [-0.05, 0) is 38.8 Å². The number of hydrogen-bond acceptors (Lipinski definition) is 3. The Morgan fingerprint density at radius 3 is 2.42 bits per heavy atom. The number of benzene rings is 1. The number of nitrogens with zero attached hydrogens (tertiary/aromatic N) is 2. The molecule has 1 N–H and O–H groups in total. The molecule has 2 aliphatic rings. The Hall–Kier alpha value is -2.37. The normalized spacial score (nSPS) is 19.2. The average molecular weight is 329 g/mol. The van der Waals surface area contributed by atoms with Crippen LogP contribution in [0.5, 0.6) is 0 Å². The van der Waals surface area contributed by atoms with Gasteiger partial charge in [0.15, 0.2) is 0 Å². The van der Waals surface area contributed by atoms with Crippen LogP contribution in [0.4, 0.5) is 10.5 Å². The van der Waals surface area contributed by atoms with E-state index in [2.05, 4.69) is 5.32 Å². The second-order valence-electron chi connectivity index (χ2n) is 6.80. The summed E-state index contributed by atoms with van der Waals surface area (Å²) in [7, 11) is 0. The third kappa shape index (κ3) is 2.77. The van der Waals surface area contributed by atoms with E-state index in [1.54, 1.807) is 4.90 Å². The zero-order chi connectivity index (χ0) is 17.3. The van der Waals surface area contributed by atoms with Gasteiger partial charge in [0.25, 0.3) is 5.91 Å². The van der Waals surface area contributed by atoms with Gasteiger partial charge in [0.05, 0.1) is 0 Å². The Morgan fingerprint density at radius 1 is 1.21 bits per heavy atom. The highest BCUT2D eigenvalue weighted by atomic mass is 16.2. The van der Waals surface area contributed by atoms with Crippen LogP contribution in [-0.4, -0.2) is 40.9 Å². The van der Waals surface area contributed by atoms with Crippen molar-refractivity contribution in [1.82, 2.24) is 10.2 Å². The SMILES string of the molecule is CC(C)N(C(=O)CN1C(=O)NC2(CCCC2)C1=O)c1ccccc1. The maximum atomic E-state index is 12.8. The molecule has 3 rings (SSSR count). The molecule has 1 aliphatic heterocycles. The summed E-state index contributed by atoms with van der Waals surface area (Å²) in [5, 5.41) is 2.81. The fraction of sp³-hybridized carbons (Fsp3) is 0.500. The van der Waals surface area contributed by atoms with Crippen molar-refractivity contribution in [2.45, 2.75) is 51.1 Å². The lowest BCUT2D eigenvalue weighted by molar-refractivity contribution is -0.134. The standard InChI is InChI=1S/C18H23N3O3/c1-13(2)21(14-8-4-3-5-9-14)15(22)12-20-16(23)18(19-17(20)24)10-6-7-11-18/h3-5,8-9,13H,6-7,10-12H2,1-2H3,(H,19,24). The van der Waals surface area contributed by atoms with Crippen molar-refractivity contribution in [1.29, 1.82) is 0 Å². The van der Waals surface area contributed by atoms with Crippen LogP contribution in [0.1, 0.15) is 39.5 Å². The summed E-state index contributed by atoms with van der Waals surface area (Å²) >= 11 is 0. The van der Waals surface area contributed by atoms with Gasteiger partial charge in [-0.3, -0.25) is 14.5 Å². The number of hydrogen-bond donors (Lipinski definition) is 1. The van der Waals surface area contributed by atoms with Crippen molar-refractivity contribution in [2.75, 3.05) is 11.4 Å². The van der Waals surface area contributed by atoms with E-state index in [1.165, 1.54) is 0 Å². The van der Waals surface area contributed by atoms with Gasteiger partial charge in [-0.25, -0.2) is 4.79 Å². The Morgan fingerprint density at radius 2 is 1.83 bits per heavy atom. The Kier molecular flexibility index (Phi) is 4.30. The van der Waals surface area contributed by atoms with Gasteiger partial charge in [-0.1, -0.05) is 31.0 Å². The smallest absolute Gasteiger partial charge is 0.323 e. The first-order valence-electron chi connectivity index (χ1n) is 8.46. The van der Waals surface area contributed by atoms with Gasteiger partial charge >= 0.3 is 6.03 Å². The molecule has 1 aliphatic carbocycles. The molecule has 6 heteroatoms. The maximum Gasteiger partial charge on any atom is 0.325 e. The quantitative estimate of drug-likeness (QED) is 0.862. The third-order valence-corrected chi connectivity index (χ3v) is 4.82. The fourth-order valence-electron chi connectivity index (χ4n) is 3.67. The average Bonchev–Trinajstić information content (AvgIpc) is 3.10. The zero-order valence-electron chi connectivity index (χ0n) is 14.1. The maximum absolute atomic E-state index is 12.8. The molecular formula is C18H23N3O3. The highest BCUT2D eigenvalue weighted by Crippen LogP contribution is 2.35. The molecule has 4 amide bonds. The highest BCUT2D eigenvalue weighted by Gasteiger charge is 2.52. The van der Waals surface area contributed by atoms with Gasteiger partial charge in [0.2, 0.25) is 5.91 Å². The fourth-order valence-corrected chi connectivity index (χ4v) is 3.67. The third-order valence-electron chi connectivity index (χ3n) is 4.82. The first-order chi connectivity index (χ1) is 11.4. The molecule has 1 aromatic rings. The lowest BCUT2D eigenvalue weighted by atomic mass is 9.98. The highest BCUT2D eigenvalue weighted by molar-refractivity contribution is 6.10. The Balaban J connectivity index is 1.78. The molecule has 0 atom stereocenters. The summed E-state index contributed by atoms with van der Waals surface area (Å²) in [5.41, 5.74) is -0.00705. The number of amides is 4. The number of carbonyl (C=O) groups is 3. The van der Waals surface area contributed by atoms with Crippen molar-refractivity contribution in [3.05, 3.63) is 30.3 Å². The molecule has 1 heterocycles. The zero-order valence-corrected chi connectivity index (χ0v) is 14.1. The molecule has 1 saturated heterocycles. The van der Waals surface area contributed by atoms with E-state index in [9.17, 15) is 14.4 Å². The number of anilines is 1. The largest absolute Gasteiger partial charge is 0.325 e. The summed E-state index contributed by atoms with van der Waals surface area (Å²) in [6, 6.07) is 8.78. The van der Waals surface area contributed by atoms with E-state index >= 15 is 0 Å². The van der Waals surface area contributed by atoms with E-state index < -0.39 is 11.6 Å². The molecule has 2 fully saturated rings. The van der Waals surface area contributed by atoms with Crippen molar-refractivity contribution >= 4 is 23.5 Å². The topological polar surface area (TPSA) is 69.7 Å². The first-order valence-corrected chi connectivity index (χ1v) is 8.46. The molecule has 0 bridgehead atoms. The summed E-state index contributed by atoms with van der Waals surface area (Å²) in [5.74, 6) is -0.509. The minimum absolute atomic E-state index is 0.0684. The van der Waals surface area contributed by atoms with Gasteiger partial charge in [0, 0.05) is 11.7 Å². The number of para-hydroxylation sites is 1. The van der Waals surface area contributed by atoms with E-state index in [4.69, 9.17) is 0 Å². The number of rotatable bonds is 4. The van der Waals surface area contributed by atoms with Crippen LogP contribution >= 0.6 is 0 Å². The lowest BCUT2D eigenvalue weighted by Crippen LogP contribution is -2.47. The van der Waals surface area contributed by atoms with Crippen LogP contribution in [0.25, 0.3) is 0 Å². The molecule has 1 aromatic carbocycles. The van der Waals surface area contributed by atoms with Crippen LogP contribution in [0, 0.1) is 0 Å². The van der Waals surface area contributed by atoms with Crippen molar-refractivity contribution in [3.8, 4) is 0 Å². The molecule has 24 heavy (non-hydrogen) atoms. The predicted octanol–water partition coefficient (Wildman–Crippen LogP) is 2.29. The van der Waals surface area contributed by atoms with E-state index in [0.717, 1.165) is 23.4 Å². The number of carbonyl (C=O) groups excluding carboxylic acids is 3. The molecule has 0 aromatic heterocycles.